The van der Waals surface area contributed by atoms with E-state index in [4.69, 9.17) is 17.0 Å². The molecule has 2 saturated heterocycles. The molecule has 0 unspecified atom stereocenters. The Morgan fingerprint density at radius 3 is 2.91 bits per heavy atom. The van der Waals surface area contributed by atoms with Crippen molar-refractivity contribution in [3.63, 3.8) is 0 Å². The van der Waals surface area contributed by atoms with Crippen LogP contribution in [0.1, 0.15) is 18.9 Å². The van der Waals surface area contributed by atoms with Gasteiger partial charge in [0.1, 0.15) is 21.8 Å². The Morgan fingerprint density at radius 2 is 2.17 bits per heavy atom. The van der Waals surface area contributed by atoms with Crippen LogP contribution in [0.3, 0.4) is 0 Å². The van der Waals surface area contributed by atoms with E-state index in [1.807, 2.05) is 0 Å². The van der Waals surface area contributed by atoms with Gasteiger partial charge in [-0.1, -0.05) is 36.1 Å². The number of hydrogen-bond acceptors (Lipinski definition) is 9. The van der Waals surface area contributed by atoms with Crippen LogP contribution < -0.4 is 15.8 Å². The van der Waals surface area contributed by atoms with E-state index >= 15 is 0 Å². The number of carbonyl (C=O) groups excluding carboxylic acids is 3. The second-order valence-electron chi connectivity index (χ2n) is 7.67. The first-order chi connectivity index (χ1) is 16.8. The number of amides is 2. The lowest BCUT2D eigenvalue weighted by molar-refractivity contribution is -0.145. The van der Waals surface area contributed by atoms with Gasteiger partial charge in [-0.05, 0) is 25.1 Å². The number of piperazine rings is 1. The summed E-state index contributed by atoms with van der Waals surface area (Å²) in [5.74, 6) is -1.05. The highest BCUT2D eigenvalue weighted by Gasteiger charge is 2.36. The fourth-order valence-electron chi connectivity index (χ4n) is 3.90. The molecule has 1 N–H and O–H groups in total. The molecule has 182 valence electrons. The van der Waals surface area contributed by atoms with Crippen LogP contribution in [0.2, 0.25) is 0 Å². The molecule has 12 heteroatoms. The van der Waals surface area contributed by atoms with Crippen LogP contribution in [0.25, 0.3) is 11.7 Å². The summed E-state index contributed by atoms with van der Waals surface area (Å²) in [5.41, 5.74) is 0.0709. The van der Waals surface area contributed by atoms with Gasteiger partial charge in [-0.25, -0.2) is 4.98 Å². The van der Waals surface area contributed by atoms with Crippen LogP contribution >= 0.6 is 24.0 Å². The van der Waals surface area contributed by atoms with Gasteiger partial charge in [0.05, 0.1) is 23.5 Å². The molecule has 35 heavy (non-hydrogen) atoms. The number of esters is 1. The first-order valence-electron chi connectivity index (χ1n) is 10.9. The van der Waals surface area contributed by atoms with Crippen molar-refractivity contribution < 1.29 is 19.1 Å². The summed E-state index contributed by atoms with van der Waals surface area (Å²) in [4.78, 5) is 59.5. The molecule has 0 aliphatic carbocycles. The van der Waals surface area contributed by atoms with Crippen molar-refractivity contribution in [1.29, 1.82) is 0 Å². The molecule has 2 amide bonds. The number of hydrogen-bond donors (Lipinski definition) is 1. The molecule has 2 aliphatic heterocycles. The molecule has 2 fully saturated rings. The fraction of sp³-hybridized carbons (Fsp3) is 0.304. The molecule has 0 saturated carbocycles. The molecule has 0 radical (unpaired) electrons. The third-order valence-electron chi connectivity index (χ3n) is 5.48. The van der Waals surface area contributed by atoms with E-state index in [1.165, 1.54) is 15.4 Å². The molecular formula is C23H23N5O5S2. The summed E-state index contributed by atoms with van der Waals surface area (Å²) < 4.78 is 6.77. The van der Waals surface area contributed by atoms with Crippen molar-refractivity contribution in [2.45, 2.75) is 19.4 Å². The van der Waals surface area contributed by atoms with Crippen molar-refractivity contribution in [2.24, 2.45) is 0 Å². The Bertz CT molecular complexity index is 1320. The molecule has 10 nitrogen and oxygen atoms in total. The number of thioether (sulfide) groups is 1. The highest BCUT2D eigenvalue weighted by Crippen LogP contribution is 2.34. The maximum Gasteiger partial charge on any atom is 0.308 e. The monoisotopic (exact) mass is 513 g/mol. The highest BCUT2D eigenvalue weighted by atomic mass is 32.2. The summed E-state index contributed by atoms with van der Waals surface area (Å²) in [5, 5.41) is 2.75. The zero-order valence-corrected chi connectivity index (χ0v) is 20.6. The Morgan fingerprint density at radius 1 is 1.37 bits per heavy atom. The van der Waals surface area contributed by atoms with Crippen LogP contribution in [-0.2, 0) is 19.1 Å². The largest absolute Gasteiger partial charge is 0.466 e. The van der Waals surface area contributed by atoms with Crippen molar-refractivity contribution in [2.75, 3.05) is 31.1 Å². The maximum atomic E-state index is 13.6. The number of nitrogens with one attached hydrogen (secondary N) is 1. The molecular weight excluding hydrogens is 490 g/mol. The normalized spacial score (nSPS) is 19.4. The van der Waals surface area contributed by atoms with Gasteiger partial charge in [-0.2, -0.15) is 0 Å². The Kier molecular flexibility index (Phi) is 7.31. The van der Waals surface area contributed by atoms with Gasteiger partial charge in [0.15, 0.2) is 0 Å². The first kappa shape index (κ1) is 24.6. The van der Waals surface area contributed by atoms with Crippen LogP contribution in [0.4, 0.5) is 5.82 Å². The van der Waals surface area contributed by atoms with E-state index in [2.05, 4.69) is 16.9 Å². The van der Waals surface area contributed by atoms with E-state index in [1.54, 1.807) is 42.3 Å². The molecule has 0 spiro atoms. The number of ether oxygens (including phenoxy) is 1. The summed E-state index contributed by atoms with van der Waals surface area (Å²) in [6, 6.07) is 4.18. The summed E-state index contributed by atoms with van der Waals surface area (Å²) in [6.07, 6.45) is 4.39. The standard InChI is InChI=1S/C23H23N5O5S2/c1-3-9-28-22(32)16(35-23(28)34)12-14-19(25-17-7-5-6-10-27(17)21(14)31)26-11-8-24-20(30)15(26)13-18(29)33-4-2/h3,5-7,10,12,15H,1,4,8-9,11,13H2,2H3,(H,24,30)/b16-12-/t15-/m1/s1. The predicted molar refractivity (Wildman–Crippen MR) is 137 cm³/mol. The zero-order valence-electron chi connectivity index (χ0n) is 18.9. The Balaban J connectivity index is 1.87. The maximum absolute atomic E-state index is 13.6. The lowest BCUT2D eigenvalue weighted by Crippen LogP contribution is -2.57. The summed E-state index contributed by atoms with van der Waals surface area (Å²) in [6.45, 7) is 6.37. The van der Waals surface area contributed by atoms with Crippen molar-refractivity contribution in [3.05, 3.63) is 57.9 Å². The molecule has 0 aromatic carbocycles. The third-order valence-corrected chi connectivity index (χ3v) is 6.86. The number of pyridine rings is 1. The molecule has 4 rings (SSSR count). The fourth-order valence-corrected chi connectivity index (χ4v) is 5.16. The third kappa shape index (κ3) is 4.84. The van der Waals surface area contributed by atoms with E-state index in [0.29, 0.717) is 23.1 Å². The minimum atomic E-state index is -0.928. The van der Waals surface area contributed by atoms with E-state index in [-0.39, 0.29) is 47.7 Å². The van der Waals surface area contributed by atoms with Crippen molar-refractivity contribution >= 4 is 63.6 Å². The number of nitrogens with zero attached hydrogens (tertiary/aromatic N) is 4. The van der Waals surface area contributed by atoms with Gasteiger partial charge < -0.3 is 15.0 Å². The van der Waals surface area contributed by atoms with E-state index in [0.717, 1.165) is 11.8 Å². The van der Waals surface area contributed by atoms with Gasteiger partial charge in [-0.15, -0.1) is 6.58 Å². The van der Waals surface area contributed by atoms with E-state index < -0.39 is 17.6 Å². The Hall–Kier alpha value is -3.51. The van der Waals surface area contributed by atoms with Crippen LogP contribution in [-0.4, -0.2) is 68.7 Å². The van der Waals surface area contributed by atoms with Crippen molar-refractivity contribution in [1.82, 2.24) is 19.6 Å². The van der Waals surface area contributed by atoms with Crippen molar-refractivity contribution in [3.8, 4) is 0 Å². The minimum Gasteiger partial charge on any atom is -0.466 e. The molecule has 4 heterocycles. The predicted octanol–water partition coefficient (Wildman–Crippen LogP) is 1.34. The first-order valence-corrected chi connectivity index (χ1v) is 12.2. The van der Waals surface area contributed by atoms with E-state index in [9.17, 15) is 19.2 Å². The average molecular weight is 514 g/mol. The number of aromatic nitrogens is 2. The average Bonchev–Trinajstić information content (AvgIpc) is 3.10. The van der Waals surface area contributed by atoms with Gasteiger partial charge in [0.2, 0.25) is 5.91 Å². The quantitative estimate of drug-likeness (QED) is 0.254. The molecule has 0 bridgehead atoms. The number of rotatable bonds is 7. The number of carbonyl (C=O) groups is 3. The molecule has 1 atom stereocenters. The topological polar surface area (TPSA) is 113 Å². The van der Waals surface area contributed by atoms with Gasteiger partial charge in [0.25, 0.3) is 11.5 Å². The van der Waals surface area contributed by atoms with Gasteiger partial charge in [-0.3, -0.25) is 28.5 Å². The van der Waals surface area contributed by atoms with Crippen LogP contribution in [0.5, 0.6) is 0 Å². The number of thiocarbonyl (C=S) groups is 1. The molecule has 2 aromatic rings. The van der Waals surface area contributed by atoms with Crippen LogP contribution in [0.15, 0.2) is 46.8 Å². The van der Waals surface area contributed by atoms with Gasteiger partial charge in [0, 0.05) is 25.8 Å². The zero-order chi connectivity index (χ0) is 25.1. The van der Waals surface area contributed by atoms with Gasteiger partial charge >= 0.3 is 5.97 Å². The highest BCUT2D eigenvalue weighted by molar-refractivity contribution is 8.26. The molecule has 2 aromatic heterocycles. The second kappa shape index (κ2) is 10.4. The second-order valence-corrected chi connectivity index (χ2v) is 9.35. The summed E-state index contributed by atoms with van der Waals surface area (Å²) in [7, 11) is 0. The smallest absolute Gasteiger partial charge is 0.308 e. The molecule has 2 aliphatic rings. The number of fused-ring (bicyclic) bond motifs is 1. The Labute approximate surface area is 210 Å². The minimum absolute atomic E-state index is 0.122. The van der Waals surface area contributed by atoms with Crippen LogP contribution in [0, 0.1) is 0 Å². The lowest BCUT2D eigenvalue weighted by atomic mass is 10.1. The SMILES string of the molecule is C=CCN1C(=O)/C(=C/c2c(N3CCNC(=O)[C@H]3CC(=O)OCC)nc3ccccn3c2=O)SC1=S. The number of anilines is 1. The lowest BCUT2D eigenvalue weighted by Gasteiger charge is -2.36. The summed E-state index contributed by atoms with van der Waals surface area (Å²) >= 11 is 6.39.